The van der Waals surface area contributed by atoms with Crippen LogP contribution in [0.5, 0.6) is 5.88 Å². The van der Waals surface area contributed by atoms with Crippen LogP contribution in [0.1, 0.15) is 40.5 Å². The molecule has 0 bridgehead atoms. The summed E-state index contributed by atoms with van der Waals surface area (Å²) in [4.78, 5) is 28.4. The van der Waals surface area contributed by atoms with Crippen LogP contribution in [-0.2, 0) is 4.74 Å². The number of halogens is 2. The van der Waals surface area contributed by atoms with Gasteiger partial charge in [-0.15, -0.1) is 0 Å². The molecule has 0 N–H and O–H groups in total. The van der Waals surface area contributed by atoms with Gasteiger partial charge in [0.15, 0.2) is 5.65 Å². The Balaban J connectivity index is 1.40. The molecule has 6 rings (SSSR count). The summed E-state index contributed by atoms with van der Waals surface area (Å²) in [5.74, 6) is -0.621. The highest BCUT2D eigenvalue weighted by Gasteiger charge is 2.32. The molecular weight excluding hydrogens is 564 g/mol. The normalized spacial score (nSPS) is 19.6. The van der Waals surface area contributed by atoms with E-state index in [1.54, 1.807) is 35.2 Å². The zero-order valence-corrected chi connectivity index (χ0v) is 25.9. The number of carbonyl (C=O) groups is 1. The first-order valence-corrected chi connectivity index (χ1v) is 15.2. The zero-order chi connectivity index (χ0) is 31.2. The van der Waals surface area contributed by atoms with Gasteiger partial charge in [-0.1, -0.05) is 30.3 Å². The molecule has 44 heavy (non-hydrogen) atoms. The van der Waals surface area contributed by atoms with E-state index in [-0.39, 0.29) is 23.9 Å². The molecule has 0 saturated carbocycles. The number of ether oxygens (including phenoxy) is 2. The Bertz CT molecular complexity index is 1700. The van der Waals surface area contributed by atoms with Crippen LogP contribution in [0.2, 0.25) is 0 Å². The third-order valence-electron chi connectivity index (χ3n) is 8.50. The van der Waals surface area contributed by atoms with E-state index in [2.05, 4.69) is 16.8 Å². The van der Waals surface area contributed by atoms with Gasteiger partial charge in [0.1, 0.15) is 29.5 Å². The highest BCUT2D eigenvalue weighted by molar-refractivity contribution is 5.98. The fraction of sp³-hybridized carbons (Fsp3) is 0.441. The molecule has 2 aliphatic rings. The molecule has 2 saturated heterocycles. The number of aromatic nitrogens is 2. The van der Waals surface area contributed by atoms with Crippen LogP contribution in [0.15, 0.2) is 48.5 Å². The van der Waals surface area contributed by atoms with Crippen molar-refractivity contribution in [2.45, 2.75) is 58.2 Å². The molecule has 232 valence electrons. The first-order chi connectivity index (χ1) is 21.0. The lowest BCUT2D eigenvalue weighted by Crippen LogP contribution is -2.54. The van der Waals surface area contributed by atoms with Crippen LogP contribution < -0.4 is 9.64 Å². The standard InChI is InChI=1S/C34H39F2N5O3/c1-21-19-40(33(42)44-34(2,3)4)15-16-41(21)28-18-29(43-20-23-11-8-14-39(23)5)37-32-25(28)17-27(36)31(38-32)24-12-6-9-22-10-7-13-26(35)30(22)24/h6-7,9-10,12-13,17-18,21,23H,8,11,14-16,19-20H2,1-5H3/t21-,23+/m1/s1. The third-order valence-corrected chi connectivity index (χ3v) is 8.50. The second-order valence-corrected chi connectivity index (χ2v) is 12.9. The third kappa shape index (κ3) is 6.00. The lowest BCUT2D eigenvalue weighted by atomic mass is 10.0. The predicted molar refractivity (Wildman–Crippen MR) is 168 cm³/mol. The minimum atomic E-state index is -0.591. The van der Waals surface area contributed by atoms with E-state index in [1.807, 2.05) is 33.8 Å². The van der Waals surface area contributed by atoms with Crippen LogP contribution in [-0.4, -0.2) is 83.4 Å². The number of benzene rings is 2. The quantitative estimate of drug-likeness (QED) is 0.253. The summed E-state index contributed by atoms with van der Waals surface area (Å²) >= 11 is 0. The van der Waals surface area contributed by atoms with Crippen molar-refractivity contribution in [1.29, 1.82) is 0 Å². The minimum absolute atomic E-state index is 0.0297. The highest BCUT2D eigenvalue weighted by atomic mass is 19.1. The summed E-state index contributed by atoms with van der Waals surface area (Å²) in [7, 11) is 2.09. The van der Waals surface area contributed by atoms with Gasteiger partial charge in [-0.05, 0) is 71.6 Å². The molecule has 0 unspecified atom stereocenters. The average Bonchev–Trinajstić information content (AvgIpc) is 3.39. The average molecular weight is 604 g/mol. The van der Waals surface area contributed by atoms with Crippen molar-refractivity contribution in [3.63, 3.8) is 0 Å². The topological polar surface area (TPSA) is 71.0 Å². The Hall–Kier alpha value is -4.05. The minimum Gasteiger partial charge on any atom is -0.476 e. The number of piperazine rings is 1. The molecule has 4 aromatic rings. The molecule has 0 radical (unpaired) electrons. The van der Waals surface area contributed by atoms with Gasteiger partial charge >= 0.3 is 6.09 Å². The molecule has 1 amide bonds. The van der Waals surface area contributed by atoms with Crippen molar-refractivity contribution >= 4 is 33.6 Å². The molecule has 2 atom stereocenters. The number of carbonyl (C=O) groups excluding carboxylic acids is 1. The maximum atomic E-state index is 16.0. The highest BCUT2D eigenvalue weighted by Crippen LogP contribution is 2.37. The van der Waals surface area contributed by atoms with Gasteiger partial charge in [0, 0.05) is 54.1 Å². The van der Waals surface area contributed by atoms with E-state index in [9.17, 15) is 4.79 Å². The van der Waals surface area contributed by atoms with E-state index in [4.69, 9.17) is 19.4 Å². The summed E-state index contributed by atoms with van der Waals surface area (Å²) < 4.78 is 42.9. The van der Waals surface area contributed by atoms with Crippen LogP contribution >= 0.6 is 0 Å². The van der Waals surface area contributed by atoms with Gasteiger partial charge in [0.2, 0.25) is 5.88 Å². The van der Waals surface area contributed by atoms with Crippen molar-refractivity contribution in [2.24, 2.45) is 0 Å². The fourth-order valence-electron chi connectivity index (χ4n) is 6.26. The summed E-state index contributed by atoms with van der Waals surface area (Å²) in [6.45, 7) is 10.4. The van der Waals surface area contributed by atoms with Gasteiger partial charge in [-0.25, -0.2) is 18.6 Å². The Morgan fingerprint density at radius 1 is 1.02 bits per heavy atom. The molecule has 0 spiro atoms. The Morgan fingerprint density at radius 2 is 1.80 bits per heavy atom. The first-order valence-electron chi connectivity index (χ1n) is 15.2. The number of hydrogen-bond acceptors (Lipinski definition) is 7. The van der Waals surface area contributed by atoms with Crippen molar-refractivity contribution < 1.29 is 23.0 Å². The summed E-state index contributed by atoms with van der Waals surface area (Å²) in [6.07, 6.45) is 1.81. The number of hydrogen-bond donors (Lipinski definition) is 0. The lowest BCUT2D eigenvalue weighted by Gasteiger charge is -2.41. The Morgan fingerprint density at radius 3 is 2.50 bits per heavy atom. The summed E-state index contributed by atoms with van der Waals surface area (Å²) in [6, 6.07) is 13.5. The van der Waals surface area contributed by atoms with Gasteiger partial charge in [-0.3, -0.25) is 0 Å². The van der Waals surface area contributed by atoms with Crippen LogP contribution in [0.3, 0.4) is 0 Å². The van der Waals surface area contributed by atoms with E-state index in [0.717, 1.165) is 25.1 Å². The Labute approximate surface area is 256 Å². The number of anilines is 1. The number of nitrogens with zero attached hydrogens (tertiary/aromatic N) is 5. The van der Waals surface area contributed by atoms with Crippen molar-refractivity contribution in [3.8, 4) is 17.1 Å². The number of amides is 1. The van der Waals surface area contributed by atoms with Gasteiger partial charge in [0.05, 0.1) is 5.69 Å². The lowest BCUT2D eigenvalue weighted by molar-refractivity contribution is 0.0219. The second-order valence-electron chi connectivity index (χ2n) is 12.9. The first kappa shape index (κ1) is 30.0. The zero-order valence-electron chi connectivity index (χ0n) is 25.9. The largest absolute Gasteiger partial charge is 0.476 e. The maximum absolute atomic E-state index is 16.0. The molecule has 2 aliphatic heterocycles. The molecule has 0 aliphatic carbocycles. The van der Waals surface area contributed by atoms with E-state index in [0.29, 0.717) is 59.5 Å². The molecule has 10 heteroatoms. The van der Waals surface area contributed by atoms with Crippen molar-refractivity contribution in [3.05, 3.63) is 60.2 Å². The predicted octanol–water partition coefficient (Wildman–Crippen LogP) is 6.65. The van der Waals surface area contributed by atoms with Crippen molar-refractivity contribution in [1.82, 2.24) is 19.8 Å². The molecule has 8 nitrogen and oxygen atoms in total. The second kappa shape index (κ2) is 11.8. The number of fused-ring (bicyclic) bond motifs is 2. The van der Waals surface area contributed by atoms with E-state index in [1.165, 1.54) is 12.1 Å². The molecular formula is C34H39F2N5O3. The number of likely N-dealkylation sites (N-methyl/N-ethyl adjacent to an activating group) is 1. The van der Waals surface area contributed by atoms with Gasteiger partial charge < -0.3 is 24.2 Å². The van der Waals surface area contributed by atoms with Crippen LogP contribution in [0.4, 0.5) is 19.3 Å². The van der Waals surface area contributed by atoms with Crippen molar-refractivity contribution in [2.75, 3.05) is 44.7 Å². The Kier molecular flexibility index (Phi) is 8.04. The molecule has 2 aromatic heterocycles. The molecule has 2 fully saturated rings. The summed E-state index contributed by atoms with van der Waals surface area (Å²) in [5, 5.41) is 1.49. The van der Waals surface area contributed by atoms with Gasteiger partial charge in [0.25, 0.3) is 0 Å². The number of pyridine rings is 2. The van der Waals surface area contributed by atoms with Crippen LogP contribution in [0.25, 0.3) is 33.1 Å². The van der Waals surface area contributed by atoms with E-state index >= 15 is 8.78 Å². The number of likely N-dealkylation sites (tertiary alicyclic amines) is 1. The summed E-state index contributed by atoms with van der Waals surface area (Å²) in [5.41, 5.74) is 0.836. The monoisotopic (exact) mass is 603 g/mol. The SMILES string of the molecule is C[C@@H]1CN(C(=O)OC(C)(C)C)CCN1c1cc(OC[C@@H]2CCCN2C)nc2nc(-c3cccc4cccc(F)c34)c(F)cc12. The molecule has 2 aromatic carbocycles. The fourth-order valence-corrected chi connectivity index (χ4v) is 6.26. The number of rotatable bonds is 5. The van der Waals surface area contributed by atoms with Gasteiger partial charge in [-0.2, -0.15) is 4.98 Å². The smallest absolute Gasteiger partial charge is 0.410 e. The van der Waals surface area contributed by atoms with E-state index < -0.39 is 17.2 Å². The maximum Gasteiger partial charge on any atom is 0.410 e. The molecule has 4 heterocycles. The van der Waals surface area contributed by atoms with Crippen LogP contribution in [0, 0.1) is 11.6 Å².